The lowest BCUT2D eigenvalue weighted by molar-refractivity contribution is -0.111. The summed E-state index contributed by atoms with van der Waals surface area (Å²) in [6.07, 6.45) is 3.87. The van der Waals surface area contributed by atoms with Gasteiger partial charge in [-0.05, 0) is 81.3 Å². The molecule has 4 N–H and O–H groups in total. The van der Waals surface area contributed by atoms with Gasteiger partial charge < -0.3 is 25.7 Å². The quantitative estimate of drug-likeness (QED) is 0.206. The number of nitrogens with one attached hydrogen (secondary N) is 2. The minimum Gasteiger partial charge on any atom is -0.393 e. The van der Waals surface area contributed by atoms with Gasteiger partial charge in [0, 0.05) is 47.2 Å². The topological polar surface area (TPSA) is 103 Å². The molecule has 196 valence electrons. The minimum atomic E-state index is -0.853. The summed E-state index contributed by atoms with van der Waals surface area (Å²) in [4.78, 5) is 14.2. The molecule has 8 heteroatoms. The second-order valence-corrected chi connectivity index (χ2v) is 9.94. The number of hydrogen-bond donors (Lipinski definition) is 4. The number of piperidine rings is 1. The first-order chi connectivity index (χ1) is 18.4. The molecule has 0 aliphatic carbocycles. The molecule has 1 aromatic heterocycles. The van der Waals surface area contributed by atoms with Crippen LogP contribution in [0.15, 0.2) is 84.6 Å². The molecular formula is C30H33N5O3. The number of allylic oxidation sites excluding steroid dienone is 1. The van der Waals surface area contributed by atoms with Crippen molar-refractivity contribution < 1.29 is 15.0 Å². The van der Waals surface area contributed by atoms with Crippen LogP contribution in [0.3, 0.4) is 0 Å². The molecule has 0 bridgehead atoms. The van der Waals surface area contributed by atoms with Gasteiger partial charge in [-0.2, -0.15) is 5.10 Å². The van der Waals surface area contributed by atoms with Crippen molar-refractivity contribution in [3.8, 4) is 5.69 Å². The van der Waals surface area contributed by atoms with Crippen molar-refractivity contribution >= 4 is 33.9 Å². The van der Waals surface area contributed by atoms with Gasteiger partial charge in [-0.15, -0.1) is 0 Å². The van der Waals surface area contributed by atoms with Gasteiger partial charge in [0.05, 0.1) is 23.5 Å². The van der Waals surface area contributed by atoms with Crippen LogP contribution in [-0.2, 0) is 4.79 Å². The highest BCUT2D eigenvalue weighted by molar-refractivity contribution is 5.99. The normalized spacial score (nSPS) is 14.8. The first-order valence-electron chi connectivity index (χ1n) is 12.9. The number of rotatable bonds is 7. The van der Waals surface area contributed by atoms with E-state index in [1.807, 2.05) is 85.3 Å². The Morgan fingerprint density at radius 3 is 2.32 bits per heavy atom. The maximum atomic E-state index is 12.0. The fraction of sp³-hybridized carbons (Fsp3) is 0.267. The third kappa shape index (κ3) is 5.88. The number of carbonyl (C=O) groups is 1. The summed E-state index contributed by atoms with van der Waals surface area (Å²) in [5, 5.41) is 32.0. The maximum absolute atomic E-state index is 12.0. The van der Waals surface area contributed by atoms with E-state index in [-0.39, 0.29) is 12.0 Å². The number of fused-ring (bicyclic) bond motifs is 1. The van der Waals surface area contributed by atoms with Crippen molar-refractivity contribution in [2.75, 3.05) is 28.6 Å². The van der Waals surface area contributed by atoms with Crippen LogP contribution in [0.4, 0.5) is 17.1 Å². The lowest BCUT2D eigenvalue weighted by Crippen LogP contribution is -2.35. The van der Waals surface area contributed by atoms with Crippen molar-refractivity contribution in [2.45, 2.75) is 39.0 Å². The molecule has 1 atom stereocenters. The average Bonchev–Trinajstić information content (AvgIpc) is 3.32. The average molecular weight is 512 g/mol. The Morgan fingerprint density at radius 1 is 0.974 bits per heavy atom. The van der Waals surface area contributed by atoms with Crippen LogP contribution < -0.4 is 15.5 Å². The summed E-state index contributed by atoms with van der Waals surface area (Å²) in [6.45, 7) is 5.45. The number of hydrogen-bond acceptors (Lipinski definition) is 6. The fourth-order valence-corrected chi connectivity index (χ4v) is 4.69. The molecule has 5 rings (SSSR count). The molecule has 0 saturated carbocycles. The van der Waals surface area contributed by atoms with Gasteiger partial charge in [-0.3, -0.25) is 4.79 Å². The van der Waals surface area contributed by atoms with Crippen LogP contribution in [-0.4, -0.2) is 45.1 Å². The molecule has 4 aromatic rings. The third-order valence-electron chi connectivity index (χ3n) is 6.71. The Kier molecular flexibility index (Phi) is 7.44. The van der Waals surface area contributed by atoms with Crippen molar-refractivity contribution in [1.29, 1.82) is 0 Å². The van der Waals surface area contributed by atoms with Crippen LogP contribution in [0.2, 0.25) is 0 Å². The van der Waals surface area contributed by atoms with Gasteiger partial charge in [-0.25, -0.2) is 4.68 Å². The van der Waals surface area contributed by atoms with Crippen LogP contribution in [0, 0.1) is 0 Å². The molecule has 38 heavy (non-hydrogen) atoms. The number of carbonyl (C=O) groups excluding carboxylic acids is 1. The first kappa shape index (κ1) is 25.5. The summed E-state index contributed by atoms with van der Waals surface area (Å²) < 4.78 is 1.84. The molecule has 1 aliphatic heterocycles. The van der Waals surface area contributed by atoms with Gasteiger partial charge in [-0.1, -0.05) is 17.7 Å². The van der Waals surface area contributed by atoms with E-state index < -0.39 is 6.23 Å². The van der Waals surface area contributed by atoms with Crippen molar-refractivity contribution in [3.63, 3.8) is 0 Å². The van der Waals surface area contributed by atoms with E-state index in [1.54, 1.807) is 12.3 Å². The zero-order chi connectivity index (χ0) is 26.6. The van der Waals surface area contributed by atoms with E-state index in [0.29, 0.717) is 0 Å². The second kappa shape index (κ2) is 11.1. The van der Waals surface area contributed by atoms with E-state index in [2.05, 4.69) is 20.6 Å². The molecule has 0 spiro atoms. The maximum Gasteiger partial charge on any atom is 0.248 e. The Bertz CT molecular complexity index is 1430. The van der Waals surface area contributed by atoms with E-state index in [0.717, 1.165) is 70.7 Å². The highest BCUT2D eigenvalue weighted by Crippen LogP contribution is 2.27. The van der Waals surface area contributed by atoms with E-state index in [4.69, 9.17) is 0 Å². The van der Waals surface area contributed by atoms with Crippen LogP contribution in [0.25, 0.3) is 16.6 Å². The number of nitrogens with zero attached hydrogens (tertiary/aromatic N) is 3. The lowest BCUT2D eigenvalue weighted by Gasteiger charge is -2.31. The zero-order valence-corrected chi connectivity index (χ0v) is 21.6. The minimum absolute atomic E-state index is 0.150. The predicted octanol–water partition coefficient (Wildman–Crippen LogP) is 4.99. The molecular weight excluding hydrogens is 478 g/mol. The number of amides is 1. The summed E-state index contributed by atoms with van der Waals surface area (Å²) in [6, 6.07) is 21.3. The summed E-state index contributed by atoms with van der Waals surface area (Å²) in [7, 11) is 0. The molecule has 1 unspecified atom stereocenters. The number of aromatic nitrogens is 2. The molecule has 2 heterocycles. The van der Waals surface area contributed by atoms with Crippen LogP contribution in [0.1, 0.15) is 38.5 Å². The Morgan fingerprint density at radius 2 is 1.63 bits per heavy atom. The molecule has 3 aromatic carbocycles. The van der Waals surface area contributed by atoms with E-state index >= 15 is 0 Å². The number of aliphatic hydroxyl groups is 2. The molecule has 1 aliphatic rings. The summed E-state index contributed by atoms with van der Waals surface area (Å²) in [5.74, 6) is -0.150. The molecule has 1 amide bonds. The van der Waals surface area contributed by atoms with Crippen LogP contribution >= 0.6 is 0 Å². The smallest absolute Gasteiger partial charge is 0.248 e. The highest BCUT2D eigenvalue weighted by atomic mass is 16.3. The zero-order valence-electron chi connectivity index (χ0n) is 21.6. The van der Waals surface area contributed by atoms with Gasteiger partial charge in [0.1, 0.15) is 0 Å². The number of anilines is 3. The summed E-state index contributed by atoms with van der Waals surface area (Å²) >= 11 is 0. The third-order valence-corrected chi connectivity index (χ3v) is 6.71. The van der Waals surface area contributed by atoms with Crippen LogP contribution in [0.5, 0.6) is 0 Å². The Labute approximate surface area is 222 Å². The van der Waals surface area contributed by atoms with Gasteiger partial charge in [0.2, 0.25) is 5.91 Å². The van der Waals surface area contributed by atoms with Crippen molar-refractivity contribution in [3.05, 3.63) is 90.1 Å². The fourth-order valence-electron chi connectivity index (χ4n) is 4.69. The van der Waals surface area contributed by atoms with Gasteiger partial charge in [0.25, 0.3) is 0 Å². The van der Waals surface area contributed by atoms with E-state index in [9.17, 15) is 15.0 Å². The monoisotopic (exact) mass is 511 g/mol. The number of benzene rings is 3. The molecule has 0 radical (unpaired) electrons. The van der Waals surface area contributed by atoms with Crippen molar-refractivity contribution in [1.82, 2.24) is 9.78 Å². The highest BCUT2D eigenvalue weighted by Gasteiger charge is 2.18. The summed E-state index contributed by atoms with van der Waals surface area (Å²) in [5.41, 5.74) is 6.14. The van der Waals surface area contributed by atoms with E-state index in [1.165, 1.54) is 0 Å². The standard InChI is InChI=1S/C30H33N5O3/c1-20(2)17-29(37)32-23-5-10-26(11-6-23)35-28-12-7-24(18-22(28)19-31-35)33-30(38)21-3-8-25(9-4-21)34-15-13-27(36)14-16-34/h3-12,17-19,27,30,33,36,38H,13-16H2,1-2H3,(H,32,37). The largest absolute Gasteiger partial charge is 0.393 e. The van der Waals surface area contributed by atoms with Crippen molar-refractivity contribution in [2.24, 2.45) is 0 Å². The predicted molar refractivity (Wildman–Crippen MR) is 152 cm³/mol. The SMILES string of the molecule is CC(C)=CC(=O)Nc1ccc(-n2ncc3cc(NC(O)c4ccc(N5CCC(O)CC5)cc4)ccc32)cc1. The van der Waals surface area contributed by atoms with Gasteiger partial charge in [0.15, 0.2) is 6.23 Å². The molecule has 1 saturated heterocycles. The Balaban J connectivity index is 1.25. The van der Waals surface area contributed by atoms with Gasteiger partial charge >= 0.3 is 0 Å². The number of aliphatic hydroxyl groups excluding tert-OH is 2. The lowest BCUT2D eigenvalue weighted by atomic mass is 10.1. The first-order valence-corrected chi connectivity index (χ1v) is 12.9. The molecule has 1 fully saturated rings. The Hall–Kier alpha value is -4.14. The molecule has 8 nitrogen and oxygen atoms in total. The second-order valence-electron chi connectivity index (χ2n) is 9.94.